The fraction of sp³-hybridized carbons (Fsp3) is 0.292. The van der Waals surface area contributed by atoms with Gasteiger partial charge in [-0.05, 0) is 27.6 Å². The van der Waals surface area contributed by atoms with Gasteiger partial charge in [0.25, 0.3) is 0 Å². The van der Waals surface area contributed by atoms with Crippen molar-refractivity contribution in [3.8, 4) is 5.88 Å². The van der Waals surface area contributed by atoms with E-state index in [1.54, 1.807) is 30.3 Å². The average Bonchev–Trinajstić information content (AvgIpc) is 3.17. The van der Waals surface area contributed by atoms with Crippen molar-refractivity contribution >= 4 is 68.6 Å². The van der Waals surface area contributed by atoms with Crippen molar-refractivity contribution in [1.82, 2.24) is 14.5 Å². The Kier molecular flexibility index (Phi) is 10.2. The molecule has 0 saturated carbocycles. The van der Waals surface area contributed by atoms with E-state index in [9.17, 15) is 28.3 Å². The number of esters is 1. The van der Waals surface area contributed by atoms with E-state index < -0.39 is 55.3 Å². The molecular formula is C24H18BrCl3F2N4O8. The number of carbonyl (C=O) groups excluding carboxylic acids is 2. The lowest BCUT2D eigenvalue weighted by molar-refractivity contribution is -0.152. The minimum Gasteiger partial charge on any atom is -0.465 e. The highest BCUT2D eigenvalue weighted by Gasteiger charge is 2.60. The Morgan fingerprint density at radius 3 is 2.57 bits per heavy atom. The Bertz CT molecular complexity index is 1540. The summed E-state index contributed by atoms with van der Waals surface area (Å²) in [5.41, 5.74) is -0.541. The summed E-state index contributed by atoms with van der Waals surface area (Å²) in [4.78, 5) is 44.2. The molecule has 3 aromatic rings. The molecule has 3 heterocycles. The van der Waals surface area contributed by atoms with Gasteiger partial charge in [0.2, 0.25) is 12.1 Å². The number of alkyl halides is 2. The second-order valence-electron chi connectivity index (χ2n) is 8.48. The van der Waals surface area contributed by atoms with Gasteiger partial charge in [0, 0.05) is 6.20 Å². The number of nitrogens with one attached hydrogen (secondary N) is 1. The zero-order valence-corrected chi connectivity index (χ0v) is 24.7. The molecule has 2 aromatic heterocycles. The van der Waals surface area contributed by atoms with Crippen LogP contribution >= 0.6 is 50.7 Å². The molecule has 3 atom stereocenters. The smallest absolute Gasteiger partial charge is 0.413 e. The molecule has 4 rings (SSSR count). The molecule has 0 bridgehead atoms. The number of rotatable bonds is 9. The first kappa shape index (κ1) is 31.8. The lowest BCUT2D eigenvalue weighted by Gasteiger charge is -2.21. The fourth-order valence-corrected chi connectivity index (χ4v) is 4.49. The normalized spacial score (nSPS) is 19.3. The monoisotopic (exact) mass is 712 g/mol. The van der Waals surface area contributed by atoms with E-state index in [-0.39, 0.29) is 38.0 Å². The highest BCUT2D eigenvalue weighted by molar-refractivity contribution is 9.10. The van der Waals surface area contributed by atoms with Crippen LogP contribution in [-0.4, -0.2) is 63.0 Å². The molecule has 1 amide bonds. The van der Waals surface area contributed by atoms with Crippen molar-refractivity contribution in [3.63, 3.8) is 0 Å². The van der Waals surface area contributed by atoms with E-state index in [1.807, 2.05) is 0 Å². The van der Waals surface area contributed by atoms with Crippen molar-refractivity contribution in [2.45, 2.75) is 31.0 Å². The summed E-state index contributed by atoms with van der Waals surface area (Å²) in [5.74, 6) is -5.60. The number of anilines is 1. The Morgan fingerprint density at radius 2 is 1.86 bits per heavy atom. The highest BCUT2D eigenvalue weighted by Crippen LogP contribution is 2.42. The van der Waals surface area contributed by atoms with Gasteiger partial charge < -0.3 is 24.1 Å². The third-order valence-corrected chi connectivity index (χ3v) is 7.09. The molecular weight excluding hydrogens is 697 g/mol. The highest BCUT2D eigenvalue weighted by atomic mass is 79.9. The van der Waals surface area contributed by atoms with Crippen LogP contribution in [0.1, 0.15) is 11.8 Å². The summed E-state index contributed by atoms with van der Waals surface area (Å²) >= 11 is 20.5. The number of aromatic nitrogens is 3. The number of benzene rings is 1. The lowest BCUT2D eigenvalue weighted by Crippen LogP contribution is -2.42. The molecule has 0 aliphatic carbocycles. The number of aliphatic hydroxyl groups is 1. The standard InChI is InChI=1S/C24H18BrCl3F2N4O8/c25-12-7-34(22(37)32-19(12)33-23(38)41-8-11-4-2-1-3-5-11)21-24(29,30)17(36)15(42-21)9-39-16(35)10-40-20-14(27)6-13(26)18(28)31-20/h1-7,15,17,21,36H,8-10H2,(H,32,33,37,38)/t15-,17?,21-/m1/s1. The maximum Gasteiger partial charge on any atom is 0.413 e. The van der Waals surface area contributed by atoms with Crippen LogP contribution in [0.2, 0.25) is 15.2 Å². The summed E-state index contributed by atoms with van der Waals surface area (Å²) in [5, 5.41) is 12.3. The average molecular weight is 715 g/mol. The van der Waals surface area contributed by atoms with E-state index in [0.29, 0.717) is 10.1 Å². The van der Waals surface area contributed by atoms with Crippen LogP contribution in [0.25, 0.3) is 0 Å². The predicted molar refractivity (Wildman–Crippen MR) is 147 cm³/mol. The molecule has 1 aliphatic heterocycles. The van der Waals surface area contributed by atoms with Crippen LogP contribution in [0.3, 0.4) is 0 Å². The summed E-state index contributed by atoms with van der Waals surface area (Å²) in [6.45, 7) is -1.64. The maximum atomic E-state index is 15.0. The Balaban J connectivity index is 1.36. The van der Waals surface area contributed by atoms with Gasteiger partial charge in [-0.15, -0.1) is 0 Å². The summed E-state index contributed by atoms with van der Waals surface area (Å²) in [6.07, 6.45) is -6.60. The van der Waals surface area contributed by atoms with Crippen molar-refractivity contribution in [3.05, 3.63) is 78.3 Å². The van der Waals surface area contributed by atoms with E-state index in [4.69, 9.17) is 53.8 Å². The Morgan fingerprint density at radius 1 is 1.14 bits per heavy atom. The Labute approximate surface area is 258 Å². The minimum absolute atomic E-state index is 0.0491. The van der Waals surface area contributed by atoms with Gasteiger partial charge in [0.1, 0.15) is 24.3 Å². The molecule has 1 aromatic carbocycles. The van der Waals surface area contributed by atoms with Crippen molar-refractivity contribution in [1.29, 1.82) is 0 Å². The molecule has 1 saturated heterocycles. The molecule has 2 N–H and O–H groups in total. The SMILES string of the molecule is O=C(COc1nc(Cl)c(Cl)cc1Cl)OC[C@H]1O[C@@H](n2cc(Br)c(NC(=O)OCc3ccccc3)nc2=O)C(F)(F)C1O. The van der Waals surface area contributed by atoms with Crippen LogP contribution in [0, 0.1) is 0 Å². The fourth-order valence-electron chi connectivity index (χ4n) is 3.54. The number of amides is 1. The molecule has 18 heteroatoms. The second kappa shape index (κ2) is 13.5. The van der Waals surface area contributed by atoms with E-state index in [2.05, 4.69) is 31.2 Å². The number of carbonyl (C=O) groups is 2. The Hall–Kier alpha value is -3.08. The number of nitrogens with zero attached hydrogens (tertiary/aromatic N) is 3. The van der Waals surface area contributed by atoms with E-state index >= 15 is 0 Å². The zero-order chi connectivity index (χ0) is 30.6. The lowest BCUT2D eigenvalue weighted by atomic mass is 10.1. The van der Waals surface area contributed by atoms with Crippen LogP contribution in [0.4, 0.5) is 19.4 Å². The zero-order valence-electron chi connectivity index (χ0n) is 20.8. The number of pyridine rings is 1. The summed E-state index contributed by atoms with van der Waals surface area (Å²) in [7, 11) is 0. The van der Waals surface area contributed by atoms with Gasteiger partial charge in [-0.1, -0.05) is 65.1 Å². The van der Waals surface area contributed by atoms with Gasteiger partial charge in [-0.2, -0.15) is 18.7 Å². The summed E-state index contributed by atoms with van der Waals surface area (Å²) in [6, 6.07) is 9.99. The number of aliphatic hydroxyl groups excluding tert-OH is 1. The molecule has 1 fully saturated rings. The van der Waals surface area contributed by atoms with Gasteiger partial charge in [-0.25, -0.2) is 14.4 Å². The predicted octanol–water partition coefficient (Wildman–Crippen LogP) is 4.63. The first-order chi connectivity index (χ1) is 19.9. The number of hydrogen-bond acceptors (Lipinski definition) is 10. The van der Waals surface area contributed by atoms with Gasteiger partial charge >= 0.3 is 23.7 Å². The number of halogens is 6. The molecule has 42 heavy (non-hydrogen) atoms. The maximum absolute atomic E-state index is 15.0. The van der Waals surface area contributed by atoms with E-state index in [0.717, 1.165) is 6.20 Å². The quantitative estimate of drug-likeness (QED) is 0.237. The van der Waals surface area contributed by atoms with Crippen molar-refractivity contribution in [2.75, 3.05) is 18.5 Å². The molecule has 12 nitrogen and oxygen atoms in total. The topological polar surface area (TPSA) is 151 Å². The molecule has 0 radical (unpaired) electrons. The van der Waals surface area contributed by atoms with Gasteiger partial charge in [-0.3, -0.25) is 9.88 Å². The first-order valence-electron chi connectivity index (χ1n) is 11.6. The van der Waals surface area contributed by atoms with Crippen LogP contribution in [0.5, 0.6) is 5.88 Å². The van der Waals surface area contributed by atoms with Gasteiger partial charge in [0.05, 0.1) is 9.50 Å². The summed E-state index contributed by atoms with van der Waals surface area (Å²) < 4.78 is 50.5. The second-order valence-corrected chi connectivity index (χ2v) is 10.5. The van der Waals surface area contributed by atoms with E-state index in [1.165, 1.54) is 6.07 Å². The number of ether oxygens (including phenoxy) is 4. The molecule has 1 unspecified atom stereocenters. The molecule has 0 spiro atoms. The van der Waals surface area contributed by atoms with Crippen LogP contribution < -0.4 is 15.7 Å². The first-order valence-corrected chi connectivity index (χ1v) is 13.6. The van der Waals surface area contributed by atoms with Gasteiger partial charge in [0.15, 0.2) is 23.7 Å². The number of hydrogen-bond donors (Lipinski definition) is 2. The van der Waals surface area contributed by atoms with Crippen molar-refractivity contribution in [2.24, 2.45) is 0 Å². The third-order valence-electron chi connectivity index (χ3n) is 5.56. The van der Waals surface area contributed by atoms with Crippen LogP contribution in [-0.2, 0) is 25.6 Å². The molecule has 1 aliphatic rings. The molecule has 224 valence electrons. The largest absolute Gasteiger partial charge is 0.465 e. The third kappa shape index (κ3) is 7.46. The van der Waals surface area contributed by atoms with Crippen LogP contribution in [0.15, 0.2) is 51.9 Å². The van der Waals surface area contributed by atoms with Crippen molar-refractivity contribution < 1.29 is 42.4 Å². The minimum atomic E-state index is -4.01.